The summed E-state index contributed by atoms with van der Waals surface area (Å²) in [7, 11) is 0. The average molecular weight is 226 g/mol. The molecule has 0 aromatic heterocycles. The number of ether oxygens (including phenoxy) is 2. The van der Waals surface area contributed by atoms with E-state index in [2.05, 4.69) is 13.2 Å². The molecule has 0 saturated heterocycles. The second-order valence-electron chi connectivity index (χ2n) is 4.12. The Labute approximate surface area is 95.9 Å². The van der Waals surface area contributed by atoms with Crippen LogP contribution in [0.3, 0.4) is 0 Å². The average Bonchev–Trinajstić information content (AvgIpc) is 2.22. The van der Waals surface area contributed by atoms with Gasteiger partial charge in [0.25, 0.3) is 0 Å². The number of hydrogen-bond donors (Lipinski definition) is 0. The molecule has 0 atom stereocenters. The fourth-order valence-corrected chi connectivity index (χ4v) is 0.970. The van der Waals surface area contributed by atoms with Crippen molar-refractivity contribution in [1.29, 1.82) is 0 Å². The monoisotopic (exact) mass is 226 g/mol. The second kappa shape index (κ2) is 6.82. The normalized spacial score (nSPS) is 10.4. The van der Waals surface area contributed by atoms with Crippen LogP contribution >= 0.6 is 0 Å². The Morgan fingerprint density at radius 2 is 1.88 bits per heavy atom. The third-order valence-electron chi connectivity index (χ3n) is 1.76. The Bertz CT molecular complexity index is 279. The molecule has 0 spiro atoms. The van der Waals surface area contributed by atoms with Crippen LogP contribution in [0.5, 0.6) is 0 Å². The Kier molecular flexibility index (Phi) is 6.15. The lowest BCUT2D eigenvalue weighted by atomic mass is 9.90. The van der Waals surface area contributed by atoms with E-state index in [1.807, 2.05) is 13.8 Å². The van der Waals surface area contributed by atoms with Gasteiger partial charge in [-0.1, -0.05) is 33.1 Å². The second-order valence-corrected chi connectivity index (χ2v) is 4.12. The molecule has 0 amide bonds. The number of rotatable bonds is 7. The third-order valence-corrected chi connectivity index (χ3v) is 1.76. The van der Waals surface area contributed by atoms with Gasteiger partial charge < -0.3 is 9.47 Å². The molecule has 0 N–H and O–H groups in total. The molecule has 0 aromatic carbocycles. The number of hydrogen-bond acceptors (Lipinski definition) is 4. The molecule has 0 rings (SSSR count). The van der Waals surface area contributed by atoms with E-state index in [-0.39, 0.29) is 25.6 Å². The van der Waals surface area contributed by atoms with Crippen molar-refractivity contribution in [3.8, 4) is 0 Å². The maximum Gasteiger partial charge on any atom is 0.330 e. The van der Waals surface area contributed by atoms with Gasteiger partial charge in [-0.25, -0.2) is 4.79 Å². The minimum absolute atomic E-state index is 0.154. The zero-order valence-electron chi connectivity index (χ0n) is 9.82. The lowest BCUT2D eigenvalue weighted by Crippen LogP contribution is -2.25. The van der Waals surface area contributed by atoms with Crippen molar-refractivity contribution in [2.45, 2.75) is 20.3 Å². The molecule has 0 heterocycles. The first kappa shape index (κ1) is 14.4. The maximum atomic E-state index is 11.3. The molecule has 0 aromatic rings. The van der Waals surface area contributed by atoms with Crippen LogP contribution in [0.25, 0.3) is 0 Å². The largest absolute Gasteiger partial charge is 0.462 e. The van der Waals surface area contributed by atoms with Crippen LogP contribution in [-0.4, -0.2) is 25.2 Å². The Morgan fingerprint density at radius 3 is 2.38 bits per heavy atom. The molecule has 0 aliphatic rings. The van der Waals surface area contributed by atoms with Crippen molar-refractivity contribution in [2.24, 2.45) is 5.41 Å². The fraction of sp³-hybridized carbons (Fsp3) is 0.500. The van der Waals surface area contributed by atoms with Gasteiger partial charge in [0, 0.05) is 11.5 Å². The van der Waals surface area contributed by atoms with Crippen molar-refractivity contribution in [3.05, 3.63) is 25.3 Å². The topological polar surface area (TPSA) is 52.6 Å². The molecule has 0 bridgehead atoms. The van der Waals surface area contributed by atoms with E-state index in [9.17, 15) is 9.59 Å². The molecule has 16 heavy (non-hydrogen) atoms. The summed E-state index contributed by atoms with van der Waals surface area (Å²) >= 11 is 0. The van der Waals surface area contributed by atoms with Crippen molar-refractivity contribution in [2.75, 3.05) is 13.2 Å². The van der Waals surface area contributed by atoms with Crippen LogP contribution in [0.2, 0.25) is 0 Å². The first-order valence-electron chi connectivity index (χ1n) is 4.97. The molecular formula is C12H18O4. The highest BCUT2D eigenvalue weighted by atomic mass is 16.5. The Hall–Kier alpha value is -1.58. The molecular weight excluding hydrogens is 208 g/mol. The standard InChI is InChI=1S/C12H18O4/c1-5-7-15-11(14)8-12(3,4)9-16-10(13)6-2/h5-6H,1-2,7-9H2,3-4H3. The van der Waals surface area contributed by atoms with Gasteiger partial charge in [0.2, 0.25) is 0 Å². The number of carbonyl (C=O) groups excluding carboxylic acids is 2. The number of esters is 2. The lowest BCUT2D eigenvalue weighted by Gasteiger charge is -2.22. The van der Waals surface area contributed by atoms with Gasteiger partial charge >= 0.3 is 11.9 Å². The molecule has 0 aliphatic heterocycles. The van der Waals surface area contributed by atoms with E-state index in [1.54, 1.807) is 0 Å². The third kappa shape index (κ3) is 6.81. The molecule has 0 fully saturated rings. The summed E-state index contributed by atoms with van der Waals surface area (Å²) in [6.07, 6.45) is 2.78. The van der Waals surface area contributed by atoms with Crippen molar-refractivity contribution < 1.29 is 19.1 Å². The zero-order chi connectivity index (χ0) is 12.6. The van der Waals surface area contributed by atoms with Gasteiger partial charge in [0.15, 0.2) is 0 Å². The highest BCUT2D eigenvalue weighted by Crippen LogP contribution is 2.21. The van der Waals surface area contributed by atoms with E-state index in [4.69, 9.17) is 9.47 Å². The molecule has 90 valence electrons. The van der Waals surface area contributed by atoms with E-state index in [1.165, 1.54) is 6.08 Å². The summed E-state index contributed by atoms with van der Waals surface area (Å²) < 4.78 is 9.72. The maximum absolute atomic E-state index is 11.3. The lowest BCUT2D eigenvalue weighted by molar-refractivity contribution is -0.149. The summed E-state index contributed by atoms with van der Waals surface area (Å²) in [5.41, 5.74) is -0.447. The Balaban J connectivity index is 4.02. The van der Waals surface area contributed by atoms with Crippen LogP contribution in [0, 0.1) is 5.41 Å². The van der Waals surface area contributed by atoms with Crippen LogP contribution in [0.4, 0.5) is 0 Å². The summed E-state index contributed by atoms with van der Waals surface area (Å²) in [4.78, 5) is 22.1. The molecule has 0 aliphatic carbocycles. The summed E-state index contributed by atoms with van der Waals surface area (Å²) in [6, 6.07) is 0. The minimum atomic E-state index is -0.493. The van der Waals surface area contributed by atoms with Gasteiger partial charge in [-0.2, -0.15) is 0 Å². The predicted molar refractivity (Wildman–Crippen MR) is 60.7 cm³/mol. The zero-order valence-corrected chi connectivity index (χ0v) is 9.82. The molecule has 0 saturated carbocycles. The van der Waals surface area contributed by atoms with Gasteiger partial charge in [0.1, 0.15) is 6.61 Å². The van der Waals surface area contributed by atoms with E-state index < -0.39 is 11.4 Å². The Morgan fingerprint density at radius 1 is 1.25 bits per heavy atom. The van der Waals surface area contributed by atoms with Crippen LogP contribution in [-0.2, 0) is 19.1 Å². The molecule has 0 radical (unpaired) electrons. The highest BCUT2D eigenvalue weighted by molar-refractivity contribution is 5.81. The number of carbonyl (C=O) groups is 2. The van der Waals surface area contributed by atoms with Crippen LogP contribution in [0.15, 0.2) is 25.3 Å². The smallest absolute Gasteiger partial charge is 0.330 e. The first-order chi connectivity index (χ1) is 7.41. The van der Waals surface area contributed by atoms with E-state index >= 15 is 0 Å². The van der Waals surface area contributed by atoms with E-state index in [0.717, 1.165) is 6.08 Å². The van der Waals surface area contributed by atoms with Crippen molar-refractivity contribution in [1.82, 2.24) is 0 Å². The van der Waals surface area contributed by atoms with Gasteiger partial charge in [-0.05, 0) is 0 Å². The molecule has 4 nitrogen and oxygen atoms in total. The van der Waals surface area contributed by atoms with Crippen molar-refractivity contribution >= 4 is 11.9 Å². The summed E-state index contributed by atoms with van der Waals surface area (Å²) in [6.45, 7) is 10.7. The van der Waals surface area contributed by atoms with Crippen molar-refractivity contribution in [3.63, 3.8) is 0 Å². The van der Waals surface area contributed by atoms with Crippen LogP contribution < -0.4 is 0 Å². The molecule has 4 heteroatoms. The predicted octanol–water partition coefficient (Wildman–Crippen LogP) is 1.86. The van der Waals surface area contributed by atoms with E-state index in [0.29, 0.717) is 0 Å². The quantitative estimate of drug-likeness (QED) is 0.378. The van der Waals surface area contributed by atoms with Gasteiger partial charge in [0.05, 0.1) is 13.0 Å². The SMILES string of the molecule is C=CCOC(=O)CC(C)(C)COC(=O)C=C. The molecule has 0 unspecified atom stereocenters. The summed E-state index contributed by atoms with van der Waals surface area (Å²) in [5.74, 6) is -0.827. The van der Waals surface area contributed by atoms with Crippen LogP contribution in [0.1, 0.15) is 20.3 Å². The van der Waals surface area contributed by atoms with Gasteiger partial charge in [-0.3, -0.25) is 4.79 Å². The highest BCUT2D eigenvalue weighted by Gasteiger charge is 2.24. The fourth-order valence-electron chi connectivity index (χ4n) is 0.970. The van der Waals surface area contributed by atoms with Gasteiger partial charge in [-0.15, -0.1) is 0 Å². The summed E-state index contributed by atoms with van der Waals surface area (Å²) in [5, 5.41) is 0. The first-order valence-corrected chi connectivity index (χ1v) is 4.97. The minimum Gasteiger partial charge on any atom is -0.462 e.